The largest absolute Gasteiger partial charge is 0.465 e. The second kappa shape index (κ2) is 14.7. The molecule has 2 unspecified atom stereocenters. The Morgan fingerprint density at radius 1 is 0.956 bits per heavy atom. The van der Waals surface area contributed by atoms with Crippen molar-refractivity contribution in [2.75, 3.05) is 50.4 Å². The van der Waals surface area contributed by atoms with Crippen molar-refractivity contribution in [3.8, 4) is 0 Å². The summed E-state index contributed by atoms with van der Waals surface area (Å²) in [6.45, 7) is 5.71. The third kappa shape index (κ3) is 9.22. The summed E-state index contributed by atoms with van der Waals surface area (Å²) < 4.78 is 48.1. The Balaban J connectivity index is 0.000000501. The molecular weight excluding hydrogens is 671 g/mol. The third-order valence-electron chi connectivity index (χ3n) is 8.65. The van der Waals surface area contributed by atoms with Crippen molar-refractivity contribution in [1.29, 1.82) is 0 Å². The first-order valence-electron chi connectivity index (χ1n) is 14.9. The number of carboxylic acid groups (broad SMARTS) is 1. The monoisotopic (exact) mass is 707 g/mol. The summed E-state index contributed by atoms with van der Waals surface area (Å²) in [4.78, 5) is 30.3. The van der Waals surface area contributed by atoms with Crippen LogP contribution in [0.5, 0.6) is 0 Å². The van der Waals surface area contributed by atoms with Gasteiger partial charge in [0, 0.05) is 62.5 Å². The summed E-state index contributed by atoms with van der Waals surface area (Å²) in [6.07, 6.45) is 3.36. The first kappa shape index (κ1) is 35.7. The Morgan fingerprint density at radius 3 is 2.00 bits per heavy atom. The van der Waals surface area contributed by atoms with Crippen molar-refractivity contribution >= 4 is 62.3 Å². The molecule has 2 atom stereocenters. The number of amides is 2. The van der Waals surface area contributed by atoms with Crippen molar-refractivity contribution in [3.05, 3.63) is 56.5 Å². The first-order valence-corrected chi connectivity index (χ1v) is 17.9. The number of hydrogen-bond donors (Lipinski definition) is 1. The predicted molar refractivity (Wildman–Crippen MR) is 173 cm³/mol. The van der Waals surface area contributed by atoms with E-state index in [1.807, 2.05) is 13.0 Å². The highest BCUT2D eigenvalue weighted by atomic mass is 35.5. The van der Waals surface area contributed by atoms with Crippen LogP contribution in [0.15, 0.2) is 35.2 Å². The number of anilines is 1. The molecule has 0 aromatic heterocycles. The van der Waals surface area contributed by atoms with E-state index in [0.29, 0.717) is 61.4 Å². The molecule has 2 amide bonds. The molecule has 2 heterocycles. The fourth-order valence-corrected chi connectivity index (χ4v) is 7.79. The van der Waals surface area contributed by atoms with Crippen LogP contribution in [0, 0.1) is 18.8 Å². The number of hydrogen-bond acceptors (Lipinski definition) is 5. The van der Waals surface area contributed by atoms with Crippen molar-refractivity contribution in [3.63, 3.8) is 0 Å². The predicted octanol–water partition coefficient (Wildman–Crippen LogP) is 7.52. The molecule has 0 spiro atoms. The molecule has 2 aliphatic heterocycles. The molecule has 1 N–H and O–H groups in total. The van der Waals surface area contributed by atoms with Crippen molar-refractivity contribution < 1.29 is 31.9 Å². The average molecular weight is 709 g/mol. The maximum Gasteiger partial charge on any atom is 0.411 e. The topological polar surface area (TPSA) is 98.2 Å². The number of likely N-dealkylation sites (tertiary alicyclic amines) is 2. The lowest BCUT2D eigenvalue weighted by Gasteiger charge is -2.24. The maximum atomic E-state index is 13.2. The van der Waals surface area contributed by atoms with Gasteiger partial charge in [0.05, 0.1) is 20.5 Å². The molecule has 248 valence electrons. The van der Waals surface area contributed by atoms with E-state index in [0.717, 1.165) is 37.9 Å². The van der Waals surface area contributed by atoms with Crippen molar-refractivity contribution in [2.45, 2.75) is 56.3 Å². The number of sulfone groups is 1. The number of halogens is 5. The van der Waals surface area contributed by atoms with Crippen LogP contribution in [0.3, 0.4) is 0 Å². The van der Waals surface area contributed by atoms with Gasteiger partial charge < -0.3 is 14.9 Å². The van der Waals surface area contributed by atoms with E-state index in [9.17, 15) is 31.9 Å². The first-order chi connectivity index (χ1) is 21.1. The SMILES string of the molecule is Cc1ccc(N(CCCN2CC3CN(C(=O)c4c(Cl)cc(S(C)(=O)=O)cc4Cl)CC3C2)C(=O)O)cc1Cl.FC1(F)CCCCC1. The Hall–Kier alpha value is -2.18. The number of carbonyl (C=O) groups excluding carboxylic acids is 1. The molecule has 1 saturated carbocycles. The van der Waals surface area contributed by atoms with Gasteiger partial charge in [-0.3, -0.25) is 9.69 Å². The van der Waals surface area contributed by atoms with E-state index >= 15 is 0 Å². The quantitative estimate of drug-likeness (QED) is 0.320. The van der Waals surface area contributed by atoms with Gasteiger partial charge in [-0.2, -0.15) is 0 Å². The minimum Gasteiger partial charge on any atom is -0.465 e. The molecular formula is C31H38Cl3F2N3O5S. The molecule has 3 fully saturated rings. The van der Waals surface area contributed by atoms with Crippen molar-refractivity contribution in [2.24, 2.45) is 11.8 Å². The van der Waals surface area contributed by atoms with Gasteiger partial charge in [0.2, 0.25) is 5.92 Å². The molecule has 0 radical (unpaired) electrons. The highest BCUT2D eigenvalue weighted by Gasteiger charge is 2.42. The van der Waals surface area contributed by atoms with Crippen LogP contribution in [0.25, 0.3) is 0 Å². The van der Waals surface area contributed by atoms with Gasteiger partial charge in [0.25, 0.3) is 5.91 Å². The number of aryl methyl sites for hydroxylation is 1. The zero-order chi connectivity index (χ0) is 33.1. The van der Waals surface area contributed by atoms with Crippen LogP contribution < -0.4 is 4.90 Å². The maximum absolute atomic E-state index is 13.2. The summed E-state index contributed by atoms with van der Waals surface area (Å²) in [5, 5.41) is 10.2. The summed E-state index contributed by atoms with van der Waals surface area (Å²) in [7, 11) is -3.51. The zero-order valence-electron chi connectivity index (χ0n) is 25.2. The van der Waals surface area contributed by atoms with Gasteiger partial charge in [0.1, 0.15) is 0 Å². The standard InChI is InChI=1S/C25H28Cl3N3O5S.C6H10F2/c1-15-4-5-18(8-20(15)26)31(25(33)34)7-3-6-29-11-16-13-30(14-17(16)12-29)24(32)23-21(27)9-19(10-22(23)28)37(2,35)36;7-6(8)4-2-1-3-5-6/h4-5,8-10,16-17H,3,6-7,11-14H2,1-2H3,(H,33,34);1-5H2. The fraction of sp³-hybridized carbons (Fsp3) is 0.548. The van der Waals surface area contributed by atoms with Crippen molar-refractivity contribution in [1.82, 2.24) is 9.80 Å². The number of rotatable bonds is 7. The van der Waals surface area contributed by atoms with Gasteiger partial charge in [-0.1, -0.05) is 47.3 Å². The summed E-state index contributed by atoms with van der Waals surface area (Å²) in [5.74, 6) is -2.03. The van der Waals surface area contributed by atoms with E-state index < -0.39 is 21.9 Å². The lowest BCUT2D eigenvalue weighted by molar-refractivity contribution is -0.0337. The van der Waals surface area contributed by atoms with Crippen LogP contribution in [0.2, 0.25) is 15.1 Å². The normalized spacial score (nSPS) is 21.2. The minimum absolute atomic E-state index is 0.0226. The molecule has 45 heavy (non-hydrogen) atoms. The summed E-state index contributed by atoms with van der Waals surface area (Å²) >= 11 is 18.7. The van der Waals surface area contributed by atoms with E-state index in [1.165, 1.54) is 17.0 Å². The van der Waals surface area contributed by atoms with Gasteiger partial charge in [-0.05, 0) is 74.4 Å². The fourth-order valence-electron chi connectivity index (χ4n) is 6.17. The second-order valence-corrected chi connectivity index (χ2v) is 15.4. The highest BCUT2D eigenvalue weighted by molar-refractivity contribution is 7.90. The molecule has 14 heteroatoms. The van der Waals surface area contributed by atoms with Gasteiger partial charge in [-0.25, -0.2) is 22.0 Å². The molecule has 1 aliphatic carbocycles. The van der Waals surface area contributed by atoms with Crippen LogP contribution in [-0.4, -0.2) is 86.8 Å². The number of benzene rings is 2. The summed E-state index contributed by atoms with van der Waals surface area (Å²) in [5.41, 5.74) is 1.57. The second-order valence-electron chi connectivity index (χ2n) is 12.2. The Kier molecular flexibility index (Phi) is 11.7. The number of fused-ring (bicyclic) bond motifs is 1. The van der Waals surface area contributed by atoms with E-state index in [4.69, 9.17) is 34.8 Å². The van der Waals surface area contributed by atoms with Gasteiger partial charge >= 0.3 is 6.09 Å². The van der Waals surface area contributed by atoms with Crippen LogP contribution in [-0.2, 0) is 9.84 Å². The molecule has 2 aromatic rings. The smallest absolute Gasteiger partial charge is 0.411 e. The number of nitrogens with zero attached hydrogens (tertiary/aromatic N) is 3. The minimum atomic E-state index is -3.51. The highest BCUT2D eigenvalue weighted by Crippen LogP contribution is 2.36. The number of alkyl halides is 2. The zero-order valence-corrected chi connectivity index (χ0v) is 28.3. The van der Waals surface area contributed by atoms with E-state index in [-0.39, 0.29) is 39.3 Å². The van der Waals surface area contributed by atoms with Crippen LogP contribution in [0.4, 0.5) is 19.3 Å². The molecule has 2 aromatic carbocycles. The Morgan fingerprint density at radius 2 is 1.53 bits per heavy atom. The van der Waals surface area contributed by atoms with Crippen LogP contribution >= 0.6 is 34.8 Å². The third-order valence-corrected chi connectivity index (χ3v) is 10.7. The van der Waals surface area contributed by atoms with E-state index in [1.54, 1.807) is 17.0 Å². The van der Waals surface area contributed by atoms with Gasteiger partial charge in [0.15, 0.2) is 9.84 Å². The number of carbonyl (C=O) groups is 2. The molecule has 5 rings (SSSR count). The molecule has 8 nitrogen and oxygen atoms in total. The molecule has 3 aliphatic rings. The Bertz CT molecular complexity index is 1480. The molecule has 2 saturated heterocycles. The van der Waals surface area contributed by atoms with E-state index in [2.05, 4.69) is 4.90 Å². The van der Waals surface area contributed by atoms with Gasteiger partial charge in [-0.15, -0.1) is 0 Å². The molecule has 0 bridgehead atoms. The summed E-state index contributed by atoms with van der Waals surface area (Å²) in [6, 6.07) is 7.76. The average Bonchev–Trinajstić information content (AvgIpc) is 3.51. The lowest BCUT2D eigenvalue weighted by Crippen LogP contribution is -2.35. The van der Waals surface area contributed by atoms with Crippen LogP contribution in [0.1, 0.15) is 54.4 Å². The lowest BCUT2D eigenvalue weighted by atomic mass is 9.97. The Labute approximate surface area is 278 Å².